The van der Waals surface area contributed by atoms with Gasteiger partial charge in [0, 0.05) is 32.2 Å². The smallest absolute Gasteiger partial charge is 0.300 e. The Labute approximate surface area is 119 Å². The van der Waals surface area contributed by atoms with Crippen LogP contribution in [0.4, 0.5) is 17.1 Å². The van der Waals surface area contributed by atoms with Crippen molar-refractivity contribution in [3.8, 4) is 0 Å². The molecule has 0 saturated carbocycles. The molecule has 0 atom stereocenters. The van der Waals surface area contributed by atoms with Crippen molar-refractivity contribution in [2.75, 3.05) is 38.1 Å². The van der Waals surface area contributed by atoms with Gasteiger partial charge < -0.3 is 9.80 Å². The minimum atomic E-state index is -0.688. The minimum Gasteiger partial charge on any atom is -0.362 e. The summed E-state index contributed by atoms with van der Waals surface area (Å²) in [6, 6.07) is 2.11. The summed E-state index contributed by atoms with van der Waals surface area (Å²) in [6.45, 7) is 2.69. The third-order valence-corrected chi connectivity index (χ3v) is 3.54. The standard InChI is InChI=1S/C11H13ClN4O4/c1-13-2-4-14(5-3-13)11-9(12)6-8(15(17)18)7-10(11)16(19)20/h6-7H,2-5H2,1H3. The van der Waals surface area contributed by atoms with Crippen molar-refractivity contribution in [3.05, 3.63) is 37.4 Å². The maximum absolute atomic E-state index is 11.1. The summed E-state index contributed by atoms with van der Waals surface area (Å²) in [6.07, 6.45) is 0. The van der Waals surface area contributed by atoms with Crippen molar-refractivity contribution in [2.45, 2.75) is 0 Å². The van der Waals surface area contributed by atoms with E-state index in [0.29, 0.717) is 13.1 Å². The van der Waals surface area contributed by atoms with Gasteiger partial charge in [0.15, 0.2) is 0 Å². The van der Waals surface area contributed by atoms with Crippen LogP contribution in [0.3, 0.4) is 0 Å². The highest BCUT2D eigenvalue weighted by Crippen LogP contribution is 2.39. The molecule has 0 radical (unpaired) electrons. The molecule has 0 bridgehead atoms. The molecule has 1 aliphatic heterocycles. The molecule has 2 rings (SSSR count). The Bertz CT molecular complexity index is 558. The van der Waals surface area contributed by atoms with Crippen LogP contribution in [-0.2, 0) is 0 Å². The molecule has 1 saturated heterocycles. The first-order chi connectivity index (χ1) is 9.40. The molecule has 1 aliphatic rings. The number of anilines is 1. The summed E-state index contributed by atoms with van der Waals surface area (Å²) in [5.74, 6) is 0. The number of rotatable bonds is 3. The summed E-state index contributed by atoms with van der Waals surface area (Å²) in [7, 11) is 1.96. The van der Waals surface area contributed by atoms with E-state index < -0.39 is 9.85 Å². The van der Waals surface area contributed by atoms with Crippen LogP contribution in [0.2, 0.25) is 5.02 Å². The summed E-state index contributed by atoms with van der Waals surface area (Å²) in [4.78, 5) is 24.5. The van der Waals surface area contributed by atoms with Crippen LogP contribution in [0.5, 0.6) is 0 Å². The Kier molecular flexibility index (Phi) is 4.05. The summed E-state index contributed by atoms with van der Waals surface area (Å²) < 4.78 is 0. The predicted octanol–water partition coefficient (Wildman–Crippen LogP) is 1.91. The van der Waals surface area contributed by atoms with E-state index in [1.54, 1.807) is 4.90 Å². The minimum absolute atomic E-state index is 0.0375. The van der Waals surface area contributed by atoms with E-state index >= 15 is 0 Å². The highest BCUT2D eigenvalue weighted by atomic mass is 35.5. The zero-order valence-corrected chi connectivity index (χ0v) is 11.5. The average Bonchev–Trinajstić information content (AvgIpc) is 2.39. The highest BCUT2D eigenvalue weighted by molar-refractivity contribution is 6.34. The van der Waals surface area contributed by atoms with Gasteiger partial charge in [-0.25, -0.2) is 0 Å². The quantitative estimate of drug-likeness (QED) is 0.625. The highest BCUT2D eigenvalue weighted by Gasteiger charge is 2.28. The summed E-state index contributed by atoms with van der Waals surface area (Å²) >= 11 is 6.03. The lowest BCUT2D eigenvalue weighted by Gasteiger charge is -2.34. The van der Waals surface area contributed by atoms with E-state index in [9.17, 15) is 20.2 Å². The molecule has 0 aliphatic carbocycles. The van der Waals surface area contributed by atoms with Gasteiger partial charge in [0.25, 0.3) is 5.69 Å². The molecule has 0 unspecified atom stereocenters. The SMILES string of the molecule is CN1CCN(c2c(Cl)cc([N+](=O)[O-])cc2[N+](=O)[O-])CC1. The summed E-state index contributed by atoms with van der Waals surface area (Å²) in [5.41, 5.74) is -0.441. The number of likely N-dealkylation sites (N-methyl/N-ethyl adjacent to an activating group) is 1. The van der Waals surface area contributed by atoms with Crippen molar-refractivity contribution in [3.63, 3.8) is 0 Å². The Morgan fingerprint density at radius 3 is 2.20 bits per heavy atom. The van der Waals surface area contributed by atoms with Gasteiger partial charge in [-0.2, -0.15) is 0 Å². The van der Waals surface area contributed by atoms with Gasteiger partial charge in [0.1, 0.15) is 5.69 Å². The van der Waals surface area contributed by atoms with E-state index in [0.717, 1.165) is 25.2 Å². The number of benzene rings is 1. The van der Waals surface area contributed by atoms with Crippen LogP contribution < -0.4 is 4.90 Å². The average molecular weight is 301 g/mol. The van der Waals surface area contributed by atoms with E-state index in [1.165, 1.54) is 0 Å². The number of hydrogen-bond donors (Lipinski definition) is 0. The molecular formula is C11H13ClN4O4. The summed E-state index contributed by atoms with van der Waals surface area (Å²) in [5, 5.41) is 21.9. The fraction of sp³-hybridized carbons (Fsp3) is 0.455. The molecule has 0 aromatic heterocycles. The molecule has 8 nitrogen and oxygen atoms in total. The predicted molar refractivity (Wildman–Crippen MR) is 74.5 cm³/mol. The van der Waals surface area contributed by atoms with Crippen molar-refractivity contribution in [2.24, 2.45) is 0 Å². The lowest BCUT2D eigenvalue weighted by molar-refractivity contribution is -0.393. The maximum Gasteiger partial charge on any atom is 0.300 e. The second-order valence-corrected chi connectivity index (χ2v) is 5.01. The third-order valence-electron chi connectivity index (χ3n) is 3.26. The molecule has 1 aromatic rings. The molecule has 1 aromatic carbocycles. The number of nitro groups is 2. The van der Waals surface area contributed by atoms with Crippen molar-refractivity contribution in [1.29, 1.82) is 0 Å². The first-order valence-electron chi connectivity index (χ1n) is 5.96. The molecule has 108 valence electrons. The van der Waals surface area contributed by atoms with Gasteiger partial charge in [-0.1, -0.05) is 11.6 Å². The molecule has 1 heterocycles. The van der Waals surface area contributed by atoms with Crippen LogP contribution in [0.1, 0.15) is 0 Å². The molecule has 0 amide bonds. The third kappa shape index (κ3) is 2.81. The number of piperazine rings is 1. The lowest BCUT2D eigenvalue weighted by Crippen LogP contribution is -2.44. The lowest BCUT2D eigenvalue weighted by atomic mass is 10.2. The zero-order chi connectivity index (χ0) is 14.9. The Morgan fingerprint density at radius 1 is 1.10 bits per heavy atom. The van der Waals surface area contributed by atoms with Gasteiger partial charge in [-0.05, 0) is 7.05 Å². The van der Waals surface area contributed by atoms with Crippen LogP contribution in [0.25, 0.3) is 0 Å². The Morgan fingerprint density at radius 2 is 1.70 bits per heavy atom. The maximum atomic E-state index is 11.1. The van der Waals surface area contributed by atoms with E-state index in [2.05, 4.69) is 4.90 Å². The second kappa shape index (κ2) is 5.59. The van der Waals surface area contributed by atoms with E-state index in [-0.39, 0.29) is 22.1 Å². The molecule has 0 N–H and O–H groups in total. The van der Waals surface area contributed by atoms with Crippen molar-refractivity contribution >= 4 is 28.7 Å². The fourth-order valence-electron chi connectivity index (χ4n) is 2.16. The zero-order valence-electron chi connectivity index (χ0n) is 10.8. The topological polar surface area (TPSA) is 92.8 Å². The van der Waals surface area contributed by atoms with Gasteiger partial charge in [-0.15, -0.1) is 0 Å². The Balaban J connectivity index is 2.46. The van der Waals surface area contributed by atoms with Crippen LogP contribution >= 0.6 is 11.6 Å². The number of non-ortho nitro benzene ring substituents is 1. The van der Waals surface area contributed by atoms with Crippen molar-refractivity contribution < 1.29 is 9.85 Å². The number of halogens is 1. The van der Waals surface area contributed by atoms with Gasteiger partial charge >= 0.3 is 5.69 Å². The largest absolute Gasteiger partial charge is 0.362 e. The fourth-order valence-corrected chi connectivity index (χ4v) is 2.49. The Hall–Kier alpha value is -1.93. The number of nitrogens with zero attached hydrogens (tertiary/aromatic N) is 4. The number of nitro benzene ring substituents is 2. The first kappa shape index (κ1) is 14.5. The van der Waals surface area contributed by atoms with Gasteiger partial charge in [-0.3, -0.25) is 20.2 Å². The van der Waals surface area contributed by atoms with Crippen molar-refractivity contribution in [1.82, 2.24) is 4.90 Å². The van der Waals surface area contributed by atoms with Crippen LogP contribution in [0, 0.1) is 20.2 Å². The monoisotopic (exact) mass is 300 g/mol. The van der Waals surface area contributed by atoms with E-state index in [1.807, 2.05) is 7.05 Å². The normalized spacial score (nSPS) is 16.2. The van der Waals surface area contributed by atoms with Crippen LogP contribution in [0.15, 0.2) is 12.1 Å². The van der Waals surface area contributed by atoms with Crippen LogP contribution in [-0.4, -0.2) is 48.0 Å². The molecular weight excluding hydrogens is 288 g/mol. The first-order valence-corrected chi connectivity index (χ1v) is 6.33. The van der Waals surface area contributed by atoms with Gasteiger partial charge in [0.05, 0.1) is 20.9 Å². The second-order valence-electron chi connectivity index (χ2n) is 4.60. The molecule has 9 heteroatoms. The molecule has 1 fully saturated rings. The molecule has 20 heavy (non-hydrogen) atoms. The number of hydrogen-bond acceptors (Lipinski definition) is 6. The molecule has 0 spiro atoms. The van der Waals surface area contributed by atoms with E-state index in [4.69, 9.17) is 11.6 Å². The van der Waals surface area contributed by atoms with Gasteiger partial charge in [0.2, 0.25) is 0 Å².